The number of carbonyl (C=O) groups excluding carboxylic acids is 1. The molecule has 0 aromatic heterocycles. The zero-order chi connectivity index (χ0) is 19.2. The van der Waals surface area contributed by atoms with Crippen LogP contribution in [0.5, 0.6) is 11.5 Å². The van der Waals surface area contributed by atoms with Crippen molar-refractivity contribution in [3.63, 3.8) is 0 Å². The van der Waals surface area contributed by atoms with Gasteiger partial charge in [0.05, 0.1) is 16.2 Å². The van der Waals surface area contributed by atoms with E-state index in [1.807, 2.05) is 18.2 Å². The smallest absolute Gasteiger partial charge is 0.225 e. The van der Waals surface area contributed by atoms with Gasteiger partial charge in [-0.2, -0.15) is 0 Å². The van der Waals surface area contributed by atoms with Crippen molar-refractivity contribution in [2.24, 2.45) is 0 Å². The molecule has 6 nitrogen and oxygen atoms in total. The lowest BCUT2D eigenvalue weighted by Crippen LogP contribution is -2.32. The number of carbonyl (C=O) groups is 1. The first-order valence-electron chi connectivity index (χ1n) is 7.72. The van der Waals surface area contributed by atoms with E-state index in [0.29, 0.717) is 34.4 Å². The average molecular weight is 416 g/mol. The van der Waals surface area contributed by atoms with Gasteiger partial charge in [-0.05, 0) is 42.7 Å². The number of amides is 1. The molecule has 140 valence electrons. The van der Waals surface area contributed by atoms with E-state index in [-0.39, 0.29) is 6.54 Å². The zero-order valence-electron chi connectivity index (χ0n) is 13.6. The Morgan fingerprint density at radius 1 is 1.08 bits per heavy atom. The Morgan fingerprint density at radius 2 is 1.81 bits per heavy atom. The summed E-state index contributed by atoms with van der Waals surface area (Å²) >= 11 is 11.8. The molecule has 0 radical (unpaired) electrons. The topological polar surface area (TPSA) is 102 Å². The number of rotatable bonds is 8. The lowest BCUT2D eigenvalue weighted by Gasteiger charge is -2.28. The van der Waals surface area contributed by atoms with Gasteiger partial charge in [0.1, 0.15) is 11.5 Å². The van der Waals surface area contributed by atoms with Crippen LogP contribution in [0, 0.1) is 0 Å². The van der Waals surface area contributed by atoms with Crippen LogP contribution >= 0.6 is 30.8 Å². The van der Waals surface area contributed by atoms with Gasteiger partial charge in [0, 0.05) is 12.6 Å². The second-order valence-corrected chi connectivity index (χ2v) is 7.90. The van der Waals surface area contributed by atoms with Crippen LogP contribution < -0.4 is 19.8 Å². The van der Waals surface area contributed by atoms with Crippen LogP contribution in [0.15, 0.2) is 42.5 Å². The highest BCUT2D eigenvalue weighted by Gasteiger charge is 2.05. The molecule has 0 heterocycles. The van der Waals surface area contributed by atoms with Gasteiger partial charge in [-0.25, -0.2) is 0 Å². The van der Waals surface area contributed by atoms with E-state index < -0.39 is 19.7 Å². The number of benzene rings is 2. The summed E-state index contributed by atoms with van der Waals surface area (Å²) in [6.45, 7) is 0.275. The molecule has 1 N–H and O–H groups in total. The van der Waals surface area contributed by atoms with Crippen molar-refractivity contribution in [2.45, 2.75) is 12.8 Å². The van der Waals surface area contributed by atoms with E-state index in [2.05, 4.69) is 5.32 Å². The van der Waals surface area contributed by atoms with E-state index in [9.17, 15) is 19.1 Å². The lowest BCUT2D eigenvalue weighted by molar-refractivity contribution is -0.312. The molecular weight excluding hydrogens is 400 g/mol. The fraction of sp³-hybridized carbons (Fsp3) is 0.235. The average Bonchev–Trinajstić information content (AvgIpc) is 2.54. The van der Waals surface area contributed by atoms with E-state index in [1.165, 1.54) is 0 Å². The third-order valence-electron chi connectivity index (χ3n) is 3.33. The first kappa shape index (κ1) is 20.7. The maximum Gasteiger partial charge on any atom is 0.225 e. The Morgan fingerprint density at radius 3 is 2.50 bits per heavy atom. The number of hydrogen-bond donors (Lipinski definition) is 1. The predicted molar refractivity (Wildman–Crippen MR) is 96.8 cm³/mol. The fourth-order valence-electron chi connectivity index (χ4n) is 2.19. The fourth-order valence-corrected chi connectivity index (χ4v) is 2.94. The highest BCUT2D eigenvalue weighted by Crippen LogP contribution is 2.29. The number of aryl methyl sites for hydroxylation is 1. The summed E-state index contributed by atoms with van der Waals surface area (Å²) in [5.41, 5.74) is 0.982. The van der Waals surface area contributed by atoms with Gasteiger partial charge in [0.2, 0.25) is 5.91 Å². The van der Waals surface area contributed by atoms with Crippen molar-refractivity contribution in [1.82, 2.24) is 5.32 Å². The van der Waals surface area contributed by atoms with Crippen molar-refractivity contribution in [3.8, 4) is 11.5 Å². The van der Waals surface area contributed by atoms with Gasteiger partial charge in [-0.1, -0.05) is 42.9 Å². The molecule has 0 aliphatic rings. The van der Waals surface area contributed by atoms with Crippen LogP contribution in [0.25, 0.3) is 0 Å². The summed E-state index contributed by atoms with van der Waals surface area (Å²) in [6, 6.07) is 12.4. The highest BCUT2D eigenvalue weighted by atomic mass is 35.5. The summed E-state index contributed by atoms with van der Waals surface area (Å²) in [4.78, 5) is 32.3. The summed E-state index contributed by atoms with van der Waals surface area (Å²) < 4.78 is 16.2. The minimum Gasteiger partial charge on any atom is -0.810 e. The summed E-state index contributed by atoms with van der Waals surface area (Å²) in [7, 11) is -4.82. The molecule has 26 heavy (non-hydrogen) atoms. The minimum atomic E-state index is -4.82. The quantitative estimate of drug-likeness (QED) is 0.527. The third kappa shape index (κ3) is 7.36. The Labute approximate surface area is 161 Å². The van der Waals surface area contributed by atoms with Gasteiger partial charge < -0.3 is 24.4 Å². The van der Waals surface area contributed by atoms with Crippen LogP contribution in [0.3, 0.4) is 0 Å². The highest BCUT2D eigenvalue weighted by molar-refractivity contribution is 7.49. The molecule has 0 bridgehead atoms. The molecule has 0 saturated heterocycles. The summed E-state index contributed by atoms with van der Waals surface area (Å²) in [5, 5.41) is 3.25. The van der Waals surface area contributed by atoms with Gasteiger partial charge >= 0.3 is 0 Å². The second-order valence-electron chi connectivity index (χ2n) is 5.55. The van der Waals surface area contributed by atoms with Gasteiger partial charge in [0.25, 0.3) is 0 Å². The van der Waals surface area contributed by atoms with Crippen molar-refractivity contribution in [2.75, 3.05) is 12.7 Å². The van der Waals surface area contributed by atoms with Crippen molar-refractivity contribution < 1.29 is 23.9 Å². The Kier molecular flexibility index (Phi) is 7.50. The van der Waals surface area contributed by atoms with Crippen LogP contribution in [0.2, 0.25) is 10.0 Å². The lowest BCUT2D eigenvalue weighted by atomic mass is 10.1. The molecule has 0 saturated carbocycles. The molecule has 0 aliphatic heterocycles. The zero-order valence-corrected chi connectivity index (χ0v) is 16.0. The minimum absolute atomic E-state index is 0.275. The standard InChI is InChI=1S/C17H18Cl2NO5P/c18-15-7-6-14(10-16(15)19)25-13-5-1-3-12(9-13)4-2-8-20-17(21)11-26(22,23)24/h1,3,5-7,9-10H,2,4,8,11H2,(H,20,21)(H2,22,23,24)/p-2. The van der Waals surface area contributed by atoms with Crippen LogP contribution in [0.1, 0.15) is 12.0 Å². The van der Waals surface area contributed by atoms with Crippen LogP contribution in [-0.2, 0) is 15.8 Å². The predicted octanol–water partition coefficient (Wildman–Crippen LogP) is 2.75. The van der Waals surface area contributed by atoms with E-state index in [0.717, 1.165) is 5.56 Å². The number of ether oxygens (including phenoxy) is 1. The molecule has 0 fully saturated rings. The molecule has 2 rings (SSSR count). The molecule has 0 atom stereocenters. The van der Waals surface area contributed by atoms with E-state index in [1.54, 1.807) is 24.3 Å². The van der Waals surface area contributed by atoms with Crippen molar-refractivity contribution >= 4 is 36.7 Å². The van der Waals surface area contributed by atoms with E-state index >= 15 is 0 Å². The van der Waals surface area contributed by atoms with Gasteiger partial charge in [0.15, 0.2) is 0 Å². The van der Waals surface area contributed by atoms with E-state index in [4.69, 9.17) is 27.9 Å². The van der Waals surface area contributed by atoms with Crippen LogP contribution in [0.4, 0.5) is 0 Å². The van der Waals surface area contributed by atoms with Gasteiger partial charge in [-0.3, -0.25) is 4.79 Å². The maximum absolute atomic E-state index is 11.3. The Balaban J connectivity index is 1.84. The normalized spacial score (nSPS) is 11.2. The molecule has 0 unspecified atom stereocenters. The Bertz CT molecular complexity index is 825. The molecule has 2 aromatic rings. The number of nitrogens with one attached hydrogen (secondary N) is 1. The Hall–Kier alpha value is -1.56. The molecule has 2 aromatic carbocycles. The number of halogens is 2. The molecule has 0 aliphatic carbocycles. The SMILES string of the molecule is O=C(CP(=O)([O-])[O-])NCCCc1cccc(Oc2ccc(Cl)c(Cl)c2)c1. The first-order chi connectivity index (χ1) is 12.2. The second kappa shape index (κ2) is 9.40. The van der Waals surface area contributed by atoms with Crippen molar-refractivity contribution in [3.05, 3.63) is 58.1 Å². The molecular formula is C17H16Cl2NO5P-2. The summed E-state index contributed by atoms with van der Waals surface area (Å²) in [5.74, 6) is 0.405. The van der Waals surface area contributed by atoms with Crippen molar-refractivity contribution in [1.29, 1.82) is 0 Å². The molecule has 9 heteroatoms. The first-order valence-corrected chi connectivity index (χ1v) is 10.2. The summed E-state index contributed by atoms with van der Waals surface area (Å²) in [6.07, 6.45) is 0.217. The monoisotopic (exact) mass is 415 g/mol. The van der Waals surface area contributed by atoms with Crippen LogP contribution in [-0.4, -0.2) is 18.6 Å². The largest absolute Gasteiger partial charge is 0.810 e. The number of hydrogen-bond acceptors (Lipinski definition) is 5. The van der Waals surface area contributed by atoms with Gasteiger partial charge in [-0.15, -0.1) is 0 Å². The third-order valence-corrected chi connectivity index (χ3v) is 4.74. The molecule has 1 amide bonds. The maximum atomic E-state index is 11.3. The molecule has 0 spiro atoms.